The average Bonchev–Trinajstić information content (AvgIpc) is 2.39. The Balaban J connectivity index is 1.95. The van der Waals surface area contributed by atoms with Crippen LogP contribution < -0.4 is 5.32 Å². The molecule has 1 aliphatic heterocycles. The summed E-state index contributed by atoms with van der Waals surface area (Å²) in [6.45, 7) is 16.9. The molecule has 0 aromatic carbocycles. The van der Waals surface area contributed by atoms with Crippen molar-refractivity contribution in [2.75, 3.05) is 31.9 Å². The highest BCUT2D eigenvalue weighted by Crippen LogP contribution is 2.36. The van der Waals surface area contributed by atoms with Gasteiger partial charge in [0.25, 0.3) is 0 Å². The molecule has 1 saturated carbocycles. The maximum absolute atomic E-state index is 3.77. The summed E-state index contributed by atoms with van der Waals surface area (Å²) in [5, 5.41) is 3.77. The first-order valence-electron chi connectivity index (χ1n) is 9.01. The molecule has 0 aromatic heterocycles. The fourth-order valence-electron chi connectivity index (χ4n) is 4.24. The molecule has 2 nitrogen and oxygen atoms in total. The molecule has 21 heavy (non-hydrogen) atoms. The van der Waals surface area contributed by atoms with Gasteiger partial charge in [-0.2, -0.15) is 11.8 Å². The van der Waals surface area contributed by atoms with Crippen LogP contribution in [0, 0.1) is 17.8 Å². The van der Waals surface area contributed by atoms with Crippen molar-refractivity contribution in [3.05, 3.63) is 0 Å². The summed E-state index contributed by atoms with van der Waals surface area (Å²) < 4.78 is 0.443. The van der Waals surface area contributed by atoms with Crippen LogP contribution in [-0.4, -0.2) is 47.6 Å². The molecular weight excluding hydrogens is 276 g/mol. The van der Waals surface area contributed by atoms with Crippen molar-refractivity contribution in [2.24, 2.45) is 17.8 Å². The number of hydrogen-bond donors (Lipinski definition) is 1. The third kappa shape index (κ3) is 5.14. The summed E-state index contributed by atoms with van der Waals surface area (Å²) in [6, 6.07) is 0.752. The largest absolute Gasteiger partial charge is 0.314 e. The molecule has 1 heterocycles. The van der Waals surface area contributed by atoms with Gasteiger partial charge in [-0.15, -0.1) is 0 Å². The zero-order valence-corrected chi connectivity index (χ0v) is 15.6. The molecule has 0 aromatic rings. The van der Waals surface area contributed by atoms with Crippen LogP contribution in [0.15, 0.2) is 0 Å². The number of rotatable bonds is 5. The topological polar surface area (TPSA) is 15.3 Å². The summed E-state index contributed by atoms with van der Waals surface area (Å²) >= 11 is 2.15. The smallest absolute Gasteiger partial charge is 0.0231 e. The highest BCUT2D eigenvalue weighted by molar-refractivity contribution is 8.00. The summed E-state index contributed by atoms with van der Waals surface area (Å²) in [6.07, 6.45) is 4.24. The van der Waals surface area contributed by atoms with E-state index in [0.717, 1.165) is 30.3 Å². The van der Waals surface area contributed by atoms with E-state index < -0.39 is 0 Å². The van der Waals surface area contributed by atoms with Crippen LogP contribution in [0.4, 0.5) is 0 Å². The van der Waals surface area contributed by atoms with E-state index in [2.05, 4.69) is 56.6 Å². The molecule has 0 spiro atoms. The van der Waals surface area contributed by atoms with Crippen LogP contribution in [0.5, 0.6) is 0 Å². The lowest BCUT2D eigenvalue weighted by Crippen LogP contribution is -2.50. The Morgan fingerprint density at radius 2 is 2.05 bits per heavy atom. The standard InChI is InChI=1S/C18H36N2S/c1-6-19-17-8-7-15(14(2)3)11-16(17)12-20-9-10-21-18(4,5)13-20/h14-17,19H,6-13H2,1-5H3. The second-order valence-electron chi connectivity index (χ2n) is 8.08. The first-order chi connectivity index (χ1) is 9.91. The Labute approximate surface area is 136 Å². The third-order valence-corrected chi connectivity index (χ3v) is 6.73. The molecule has 2 aliphatic rings. The van der Waals surface area contributed by atoms with Crippen molar-refractivity contribution < 1.29 is 0 Å². The van der Waals surface area contributed by atoms with Crippen molar-refractivity contribution in [1.29, 1.82) is 0 Å². The van der Waals surface area contributed by atoms with Crippen molar-refractivity contribution in [3.63, 3.8) is 0 Å². The van der Waals surface area contributed by atoms with Gasteiger partial charge < -0.3 is 10.2 Å². The normalized spacial score (nSPS) is 34.3. The van der Waals surface area contributed by atoms with E-state index in [1.807, 2.05) is 0 Å². The van der Waals surface area contributed by atoms with E-state index >= 15 is 0 Å². The first-order valence-corrected chi connectivity index (χ1v) is 9.99. The number of thioether (sulfide) groups is 1. The maximum atomic E-state index is 3.77. The predicted molar refractivity (Wildman–Crippen MR) is 96.1 cm³/mol. The van der Waals surface area contributed by atoms with Crippen molar-refractivity contribution in [3.8, 4) is 0 Å². The van der Waals surface area contributed by atoms with E-state index in [1.54, 1.807) is 0 Å². The molecule has 0 radical (unpaired) electrons. The van der Waals surface area contributed by atoms with Crippen LogP contribution >= 0.6 is 11.8 Å². The Morgan fingerprint density at radius 3 is 2.67 bits per heavy atom. The van der Waals surface area contributed by atoms with Gasteiger partial charge in [0.2, 0.25) is 0 Å². The fraction of sp³-hybridized carbons (Fsp3) is 1.00. The van der Waals surface area contributed by atoms with Crippen LogP contribution in [0.3, 0.4) is 0 Å². The van der Waals surface area contributed by atoms with Crippen molar-refractivity contribution in [1.82, 2.24) is 10.2 Å². The van der Waals surface area contributed by atoms with E-state index in [1.165, 1.54) is 44.6 Å². The summed E-state index contributed by atoms with van der Waals surface area (Å²) in [7, 11) is 0. The number of nitrogens with one attached hydrogen (secondary N) is 1. The molecule has 1 aliphatic carbocycles. The van der Waals surface area contributed by atoms with Gasteiger partial charge in [-0.1, -0.05) is 20.8 Å². The molecule has 0 amide bonds. The summed E-state index contributed by atoms with van der Waals surface area (Å²) in [4.78, 5) is 2.74. The van der Waals surface area contributed by atoms with E-state index in [-0.39, 0.29) is 0 Å². The predicted octanol–water partition coefficient (Wildman–Crippen LogP) is 3.86. The van der Waals surface area contributed by atoms with Gasteiger partial charge in [0.05, 0.1) is 0 Å². The minimum absolute atomic E-state index is 0.443. The molecule has 3 atom stereocenters. The van der Waals surface area contributed by atoms with Crippen molar-refractivity contribution >= 4 is 11.8 Å². The highest BCUT2D eigenvalue weighted by Gasteiger charge is 2.34. The molecule has 0 bridgehead atoms. The Bertz CT molecular complexity index is 316. The Hall–Kier alpha value is 0.270. The minimum Gasteiger partial charge on any atom is -0.314 e. The first kappa shape index (κ1) is 17.6. The van der Waals surface area contributed by atoms with Crippen LogP contribution in [0.1, 0.15) is 53.9 Å². The Kier molecular flexibility index (Phi) is 6.46. The fourth-order valence-corrected chi connectivity index (χ4v) is 5.42. The summed E-state index contributed by atoms with van der Waals surface area (Å²) in [5.41, 5.74) is 0. The quantitative estimate of drug-likeness (QED) is 0.830. The molecular formula is C18H36N2S. The second kappa shape index (κ2) is 7.70. The molecule has 2 fully saturated rings. The third-order valence-electron chi connectivity index (χ3n) is 5.43. The molecule has 3 heteroatoms. The van der Waals surface area contributed by atoms with Crippen molar-refractivity contribution in [2.45, 2.75) is 64.7 Å². The monoisotopic (exact) mass is 312 g/mol. The van der Waals surface area contributed by atoms with Crippen LogP contribution in [0.25, 0.3) is 0 Å². The SMILES string of the molecule is CCNC1CCC(C(C)C)CC1CN1CCSC(C)(C)C1. The van der Waals surface area contributed by atoms with Gasteiger partial charge in [0.15, 0.2) is 0 Å². The molecule has 2 rings (SSSR count). The molecule has 3 unspecified atom stereocenters. The Morgan fingerprint density at radius 1 is 1.29 bits per heavy atom. The minimum atomic E-state index is 0.443. The lowest BCUT2D eigenvalue weighted by molar-refractivity contribution is 0.119. The van der Waals surface area contributed by atoms with Gasteiger partial charge in [-0.3, -0.25) is 0 Å². The van der Waals surface area contributed by atoms with Gasteiger partial charge >= 0.3 is 0 Å². The van der Waals surface area contributed by atoms with E-state index in [4.69, 9.17) is 0 Å². The second-order valence-corrected chi connectivity index (χ2v) is 9.89. The maximum Gasteiger partial charge on any atom is 0.0231 e. The zero-order valence-electron chi connectivity index (χ0n) is 14.8. The lowest BCUT2D eigenvalue weighted by Gasteiger charge is -2.44. The van der Waals surface area contributed by atoms with Crippen LogP contribution in [-0.2, 0) is 0 Å². The van der Waals surface area contributed by atoms with Gasteiger partial charge in [-0.25, -0.2) is 0 Å². The number of hydrogen-bond acceptors (Lipinski definition) is 3. The molecule has 124 valence electrons. The molecule has 1 saturated heterocycles. The van der Waals surface area contributed by atoms with Gasteiger partial charge in [0, 0.05) is 36.2 Å². The lowest BCUT2D eigenvalue weighted by atomic mass is 9.73. The van der Waals surface area contributed by atoms with E-state index in [9.17, 15) is 0 Å². The number of nitrogens with zero attached hydrogens (tertiary/aromatic N) is 1. The van der Waals surface area contributed by atoms with Gasteiger partial charge in [-0.05, 0) is 57.4 Å². The van der Waals surface area contributed by atoms with Gasteiger partial charge in [0.1, 0.15) is 0 Å². The van der Waals surface area contributed by atoms with E-state index in [0.29, 0.717) is 4.75 Å². The zero-order chi connectivity index (χ0) is 15.5. The highest BCUT2D eigenvalue weighted by atomic mass is 32.2. The average molecular weight is 313 g/mol. The van der Waals surface area contributed by atoms with Crippen LogP contribution in [0.2, 0.25) is 0 Å². The molecule has 1 N–H and O–H groups in total. The summed E-state index contributed by atoms with van der Waals surface area (Å²) in [5.74, 6) is 3.95.